The standard InChI is InChI=1S/C21H23NO5/c1-15-9-11-17(12-10-15)22-20(24)7-4-8-21(25)27-14-19(23)16-5-3-6-18(13-16)26-2/h3,5-6,9-13H,4,7-8,14H2,1-2H3,(H,22,24). The molecule has 0 saturated carbocycles. The molecule has 0 aliphatic carbocycles. The lowest BCUT2D eigenvalue weighted by Crippen LogP contribution is -2.15. The third-order valence-corrected chi connectivity index (χ3v) is 3.88. The zero-order chi connectivity index (χ0) is 19.6. The Balaban J connectivity index is 1.67. The molecule has 2 aromatic carbocycles. The highest BCUT2D eigenvalue weighted by Crippen LogP contribution is 2.13. The molecule has 1 amide bonds. The summed E-state index contributed by atoms with van der Waals surface area (Å²) in [6.45, 7) is 1.64. The van der Waals surface area contributed by atoms with Crippen LogP contribution in [0.15, 0.2) is 48.5 Å². The van der Waals surface area contributed by atoms with Crippen molar-refractivity contribution in [1.29, 1.82) is 0 Å². The lowest BCUT2D eigenvalue weighted by Gasteiger charge is -2.07. The molecule has 142 valence electrons. The highest BCUT2D eigenvalue weighted by molar-refractivity contribution is 5.98. The van der Waals surface area contributed by atoms with Gasteiger partial charge < -0.3 is 14.8 Å². The van der Waals surface area contributed by atoms with E-state index in [0.29, 0.717) is 17.7 Å². The van der Waals surface area contributed by atoms with Crippen molar-refractivity contribution in [2.45, 2.75) is 26.2 Å². The topological polar surface area (TPSA) is 81.7 Å². The summed E-state index contributed by atoms with van der Waals surface area (Å²) in [6, 6.07) is 14.1. The van der Waals surface area contributed by atoms with Crippen LogP contribution in [-0.2, 0) is 14.3 Å². The predicted molar refractivity (Wildman–Crippen MR) is 102 cm³/mol. The molecule has 0 aliphatic rings. The van der Waals surface area contributed by atoms with Gasteiger partial charge in [0.25, 0.3) is 0 Å². The third kappa shape index (κ3) is 6.93. The number of rotatable bonds is 9. The highest BCUT2D eigenvalue weighted by atomic mass is 16.5. The molecule has 0 bridgehead atoms. The van der Waals surface area contributed by atoms with Crippen LogP contribution < -0.4 is 10.1 Å². The Labute approximate surface area is 158 Å². The van der Waals surface area contributed by atoms with Gasteiger partial charge in [-0.15, -0.1) is 0 Å². The number of hydrogen-bond donors (Lipinski definition) is 1. The van der Waals surface area contributed by atoms with Gasteiger partial charge in [-0.05, 0) is 37.6 Å². The second kappa shape index (κ2) is 10.1. The van der Waals surface area contributed by atoms with E-state index in [1.54, 1.807) is 24.3 Å². The molecule has 6 nitrogen and oxygen atoms in total. The van der Waals surface area contributed by atoms with E-state index in [4.69, 9.17) is 9.47 Å². The van der Waals surface area contributed by atoms with Crippen molar-refractivity contribution in [3.63, 3.8) is 0 Å². The lowest BCUT2D eigenvalue weighted by atomic mass is 10.1. The van der Waals surface area contributed by atoms with Gasteiger partial charge in [0.1, 0.15) is 5.75 Å². The van der Waals surface area contributed by atoms with Gasteiger partial charge in [-0.1, -0.05) is 29.8 Å². The van der Waals surface area contributed by atoms with Crippen molar-refractivity contribution in [3.05, 3.63) is 59.7 Å². The van der Waals surface area contributed by atoms with Gasteiger partial charge in [0, 0.05) is 24.1 Å². The van der Waals surface area contributed by atoms with Crippen LogP contribution in [0.25, 0.3) is 0 Å². The fourth-order valence-corrected chi connectivity index (χ4v) is 2.35. The number of anilines is 1. The van der Waals surface area contributed by atoms with Gasteiger partial charge in [0.15, 0.2) is 12.4 Å². The number of methoxy groups -OCH3 is 1. The number of benzene rings is 2. The largest absolute Gasteiger partial charge is 0.497 e. The van der Waals surface area contributed by atoms with Gasteiger partial charge in [-0.25, -0.2) is 0 Å². The molecule has 1 N–H and O–H groups in total. The molecule has 6 heteroatoms. The summed E-state index contributed by atoms with van der Waals surface area (Å²) in [5.41, 5.74) is 2.25. The fourth-order valence-electron chi connectivity index (χ4n) is 2.35. The zero-order valence-electron chi connectivity index (χ0n) is 15.5. The number of amides is 1. The quantitative estimate of drug-likeness (QED) is 0.540. The van der Waals surface area contributed by atoms with E-state index in [1.165, 1.54) is 7.11 Å². The molecule has 2 rings (SSSR count). The van der Waals surface area contributed by atoms with E-state index >= 15 is 0 Å². The first-order valence-electron chi connectivity index (χ1n) is 8.67. The number of carbonyl (C=O) groups excluding carboxylic acids is 3. The Hall–Kier alpha value is -3.15. The SMILES string of the molecule is COc1cccc(C(=O)COC(=O)CCCC(=O)Nc2ccc(C)cc2)c1. The first kappa shape index (κ1) is 20.2. The minimum Gasteiger partial charge on any atom is -0.497 e. The Morgan fingerprint density at radius 1 is 1.00 bits per heavy atom. The molecular weight excluding hydrogens is 346 g/mol. The van der Waals surface area contributed by atoms with Crippen LogP contribution >= 0.6 is 0 Å². The molecule has 0 saturated heterocycles. The summed E-state index contributed by atoms with van der Waals surface area (Å²) in [4.78, 5) is 35.6. The molecule has 0 aliphatic heterocycles. The fraction of sp³-hybridized carbons (Fsp3) is 0.286. The number of Topliss-reactive ketones (excluding diaryl/α,β-unsaturated/α-hetero) is 1. The van der Waals surface area contributed by atoms with Gasteiger partial charge in [0.2, 0.25) is 5.91 Å². The number of ether oxygens (including phenoxy) is 2. The maximum absolute atomic E-state index is 12.0. The van der Waals surface area contributed by atoms with Crippen LogP contribution in [0, 0.1) is 6.92 Å². The van der Waals surface area contributed by atoms with Crippen molar-refractivity contribution in [3.8, 4) is 5.75 Å². The van der Waals surface area contributed by atoms with Gasteiger partial charge in [-0.2, -0.15) is 0 Å². The Morgan fingerprint density at radius 2 is 1.74 bits per heavy atom. The van der Waals surface area contributed by atoms with E-state index in [9.17, 15) is 14.4 Å². The van der Waals surface area contributed by atoms with Crippen LogP contribution in [0.5, 0.6) is 5.75 Å². The van der Waals surface area contributed by atoms with E-state index in [2.05, 4.69) is 5.32 Å². The number of nitrogens with one attached hydrogen (secondary N) is 1. The molecule has 0 fully saturated rings. The molecule has 0 aromatic heterocycles. The van der Waals surface area contributed by atoms with Gasteiger partial charge in [0.05, 0.1) is 7.11 Å². The summed E-state index contributed by atoms with van der Waals surface area (Å²) in [6.07, 6.45) is 0.628. The first-order chi connectivity index (χ1) is 13.0. The second-order valence-electron chi connectivity index (χ2n) is 6.08. The Morgan fingerprint density at radius 3 is 2.44 bits per heavy atom. The molecule has 0 spiro atoms. The van der Waals surface area contributed by atoms with Crippen molar-refractivity contribution in [2.24, 2.45) is 0 Å². The smallest absolute Gasteiger partial charge is 0.306 e. The molecular formula is C21H23NO5. The maximum Gasteiger partial charge on any atom is 0.306 e. The molecule has 0 unspecified atom stereocenters. The number of esters is 1. The molecule has 2 aromatic rings. The number of aryl methyl sites for hydroxylation is 1. The predicted octanol–water partition coefficient (Wildman–Crippen LogP) is 3.54. The van der Waals surface area contributed by atoms with E-state index in [-0.39, 0.29) is 31.1 Å². The van der Waals surface area contributed by atoms with Crippen molar-refractivity contribution in [2.75, 3.05) is 19.0 Å². The number of hydrogen-bond acceptors (Lipinski definition) is 5. The minimum atomic E-state index is -0.505. The molecule has 27 heavy (non-hydrogen) atoms. The second-order valence-corrected chi connectivity index (χ2v) is 6.08. The van der Waals surface area contributed by atoms with Gasteiger partial charge >= 0.3 is 5.97 Å². The highest BCUT2D eigenvalue weighted by Gasteiger charge is 2.11. The normalized spacial score (nSPS) is 10.1. The lowest BCUT2D eigenvalue weighted by molar-refractivity contribution is -0.142. The average Bonchev–Trinajstić information content (AvgIpc) is 2.68. The van der Waals surface area contributed by atoms with E-state index < -0.39 is 5.97 Å². The number of ketones is 1. The van der Waals surface area contributed by atoms with Crippen LogP contribution in [0.2, 0.25) is 0 Å². The summed E-state index contributed by atoms with van der Waals surface area (Å²) < 4.78 is 10.0. The Bertz CT molecular complexity index is 798. The van der Waals surface area contributed by atoms with Crippen LogP contribution in [0.1, 0.15) is 35.2 Å². The summed E-state index contributed by atoms with van der Waals surface area (Å²) in [7, 11) is 1.51. The van der Waals surface area contributed by atoms with Gasteiger partial charge in [-0.3, -0.25) is 14.4 Å². The summed E-state index contributed by atoms with van der Waals surface area (Å²) in [5.74, 6) is -0.417. The number of carbonyl (C=O) groups is 3. The monoisotopic (exact) mass is 369 g/mol. The summed E-state index contributed by atoms with van der Waals surface area (Å²) in [5, 5.41) is 2.77. The molecule has 0 atom stereocenters. The third-order valence-electron chi connectivity index (χ3n) is 3.88. The first-order valence-corrected chi connectivity index (χ1v) is 8.67. The zero-order valence-corrected chi connectivity index (χ0v) is 15.5. The van der Waals surface area contributed by atoms with Crippen molar-refractivity contribution < 1.29 is 23.9 Å². The van der Waals surface area contributed by atoms with Crippen LogP contribution in [0.3, 0.4) is 0 Å². The molecule has 0 radical (unpaired) electrons. The molecule has 0 heterocycles. The minimum absolute atomic E-state index is 0.0761. The van der Waals surface area contributed by atoms with E-state index in [0.717, 1.165) is 11.3 Å². The Kier molecular flexibility index (Phi) is 7.55. The van der Waals surface area contributed by atoms with Crippen molar-refractivity contribution in [1.82, 2.24) is 0 Å². The van der Waals surface area contributed by atoms with Crippen LogP contribution in [0.4, 0.5) is 5.69 Å². The maximum atomic E-state index is 12.0. The van der Waals surface area contributed by atoms with E-state index in [1.807, 2.05) is 31.2 Å². The average molecular weight is 369 g/mol. The summed E-state index contributed by atoms with van der Waals surface area (Å²) >= 11 is 0. The van der Waals surface area contributed by atoms with Crippen LogP contribution in [-0.4, -0.2) is 31.4 Å². The van der Waals surface area contributed by atoms with Crippen molar-refractivity contribution >= 4 is 23.3 Å².